The molecule has 0 fully saturated rings. The number of anilines is 1. The van der Waals surface area contributed by atoms with Gasteiger partial charge in [0.1, 0.15) is 5.00 Å². The summed E-state index contributed by atoms with van der Waals surface area (Å²) in [6.07, 6.45) is 0.218. The molecule has 8 nitrogen and oxygen atoms in total. The summed E-state index contributed by atoms with van der Waals surface area (Å²) in [5, 5.41) is 3.01. The average molecular weight is 423 g/mol. The lowest BCUT2D eigenvalue weighted by atomic mass is 10.1. The third kappa shape index (κ3) is 3.33. The standard InChI is InChI=1S/C18H17NO7S2/c1-2-24-18(21)14-10-6-7-28(22,23)8-13(10)27-17(14)19-16(20)11-4-3-5-12-15(11)26-9-25-12/h3-5H,2,6-9H2,1H3,(H,19,20). The molecular formula is C18H17NO7S2. The van der Waals surface area contributed by atoms with Crippen LogP contribution in [0.4, 0.5) is 5.00 Å². The number of fused-ring (bicyclic) bond motifs is 2. The molecule has 2 aliphatic heterocycles. The highest BCUT2D eigenvalue weighted by molar-refractivity contribution is 7.90. The predicted molar refractivity (Wildman–Crippen MR) is 102 cm³/mol. The number of hydrogen-bond acceptors (Lipinski definition) is 8. The molecule has 2 aromatic rings. The van der Waals surface area contributed by atoms with Crippen LogP contribution in [0.1, 0.15) is 38.1 Å². The number of benzene rings is 1. The minimum absolute atomic E-state index is 0.0266. The monoisotopic (exact) mass is 423 g/mol. The molecule has 0 atom stereocenters. The summed E-state index contributed by atoms with van der Waals surface area (Å²) in [5.41, 5.74) is 1.13. The van der Waals surface area contributed by atoms with Crippen LogP contribution in [-0.2, 0) is 26.7 Å². The van der Waals surface area contributed by atoms with Gasteiger partial charge in [-0.05, 0) is 31.0 Å². The Morgan fingerprint density at radius 1 is 1.29 bits per heavy atom. The van der Waals surface area contributed by atoms with E-state index in [1.165, 1.54) is 0 Å². The lowest BCUT2D eigenvalue weighted by Gasteiger charge is -2.13. The second-order valence-electron chi connectivity index (χ2n) is 6.26. The Kier molecular flexibility index (Phi) is 4.76. The molecule has 1 amide bonds. The molecule has 3 heterocycles. The van der Waals surface area contributed by atoms with Crippen LogP contribution in [0.25, 0.3) is 0 Å². The van der Waals surface area contributed by atoms with Crippen LogP contribution in [0.5, 0.6) is 11.5 Å². The van der Waals surface area contributed by atoms with Gasteiger partial charge in [-0.2, -0.15) is 0 Å². The highest BCUT2D eigenvalue weighted by Gasteiger charge is 2.32. The highest BCUT2D eigenvalue weighted by Crippen LogP contribution is 2.40. The molecule has 0 radical (unpaired) electrons. The molecule has 0 spiro atoms. The number of carbonyl (C=O) groups is 2. The summed E-state index contributed by atoms with van der Waals surface area (Å²) in [4.78, 5) is 25.9. The number of hydrogen-bond donors (Lipinski definition) is 1. The van der Waals surface area contributed by atoms with Crippen LogP contribution in [0.15, 0.2) is 18.2 Å². The van der Waals surface area contributed by atoms with Gasteiger partial charge in [0.15, 0.2) is 21.3 Å². The maximum absolute atomic E-state index is 12.8. The number of esters is 1. The Bertz CT molecular complexity index is 1070. The number of amides is 1. The normalized spacial score (nSPS) is 16.3. The zero-order valence-electron chi connectivity index (χ0n) is 14.9. The largest absolute Gasteiger partial charge is 0.462 e. The second-order valence-corrected chi connectivity index (χ2v) is 9.55. The summed E-state index contributed by atoms with van der Waals surface area (Å²) < 4.78 is 39.7. The molecule has 28 heavy (non-hydrogen) atoms. The van der Waals surface area contributed by atoms with Gasteiger partial charge in [-0.3, -0.25) is 4.79 Å². The first-order chi connectivity index (χ1) is 13.4. The third-order valence-corrected chi connectivity index (χ3v) is 7.34. The molecule has 0 saturated carbocycles. The van der Waals surface area contributed by atoms with Crippen molar-refractivity contribution in [2.75, 3.05) is 24.5 Å². The number of carbonyl (C=O) groups excluding carboxylic acids is 2. The molecule has 0 saturated heterocycles. The van der Waals surface area contributed by atoms with E-state index in [2.05, 4.69) is 5.32 Å². The van der Waals surface area contributed by atoms with E-state index >= 15 is 0 Å². The summed E-state index contributed by atoms with van der Waals surface area (Å²) in [6, 6.07) is 4.95. The number of ether oxygens (including phenoxy) is 3. The molecule has 2 aliphatic rings. The Morgan fingerprint density at radius 2 is 2.11 bits per heavy atom. The van der Waals surface area contributed by atoms with E-state index in [1.807, 2.05) is 0 Å². The maximum atomic E-state index is 12.8. The highest BCUT2D eigenvalue weighted by atomic mass is 32.2. The van der Waals surface area contributed by atoms with Crippen molar-refractivity contribution in [3.63, 3.8) is 0 Å². The SMILES string of the molecule is CCOC(=O)c1c(NC(=O)c2cccc3c2OCO3)sc2c1CCS(=O)(=O)C2. The van der Waals surface area contributed by atoms with Crippen LogP contribution in [0, 0.1) is 0 Å². The van der Waals surface area contributed by atoms with Gasteiger partial charge in [-0.25, -0.2) is 13.2 Å². The van der Waals surface area contributed by atoms with E-state index in [-0.39, 0.29) is 47.5 Å². The van der Waals surface area contributed by atoms with Crippen molar-refractivity contribution >= 4 is 38.1 Å². The van der Waals surface area contributed by atoms with Gasteiger partial charge in [0, 0.05) is 4.88 Å². The zero-order chi connectivity index (χ0) is 19.9. The summed E-state index contributed by atoms with van der Waals surface area (Å²) in [7, 11) is -3.22. The van der Waals surface area contributed by atoms with Crippen molar-refractivity contribution in [3.05, 3.63) is 39.8 Å². The van der Waals surface area contributed by atoms with E-state index in [0.717, 1.165) is 11.3 Å². The molecular weight excluding hydrogens is 406 g/mol. The van der Waals surface area contributed by atoms with Crippen molar-refractivity contribution in [2.24, 2.45) is 0 Å². The number of nitrogens with one attached hydrogen (secondary N) is 1. The molecule has 0 aliphatic carbocycles. The van der Waals surface area contributed by atoms with Gasteiger partial charge < -0.3 is 19.5 Å². The second kappa shape index (κ2) is 7.10. The lowest BCUT2D eigenvalue weighted by molar-refractivity contribution is 0.0527. The van der Waals surface area contributed by atoms with Crippen LogP contribution in [0.3, 0.4) is 0 Å². The summed E-state index contributed by atoms with van der Waals surface area (Å²) in [6.45, 7) is 1.88. The van der Waals surface area contributed by atoms with Crippen LogP contribution >= 0.6 is 11.3 Å². The Morgan fingerprint density at radius 3 is 2.89 bits per heavy atom. The van der Waals surface area contributed by atoms with Crippen LogP contribution in [0.2, 0.25) is 0 Å². The van der Waals surface area contributed by atoms with E-state index in [9.17, 15) is 18.0 Å². The summed E-state index contributed by atoms with van der Waals surface area (Å²) >= 11 is 1.09. The zero-order valence-corrected chi connectivity index (χ0v) is 16.6. The fraction of sp³-hybridized carbons (Fsp3) is 0.333. The number of thiophene rings is 1. The molecule has 10 heteroatoms. The Balaban J connectivity index is 1.71. The molecule has 0 bridgehead atoms. The van der Waals surface area contributed by atoms with Gasteiger partial charge >= 0.3 is 5.97 Å². The van der Waals surface area contributed by atoms with Gasteiger partial charge in [-0.15, -0.1) is 11.3 Å². The van der Waals surface area contributed by atoms with Gasteiger partial charge in [0.05, 0.1) is 29.2 Å². The molecule has 0 unspecified atom stereocenters. The van der Waals surface area contributed by atoms with Crippen molar-refractivity contribution in [1.82, 2.24) is 0 Å². The number of rotatable bonds is 4. The number of para-hydroxylation sites is 1. The fourth-order valence-electron chi connectivity index (χ4n) is 3.21. The molecule has 4 rings (SSSR count). The Hall–Kier alpha value is -2.59. The van der Waals surface area contributed by atoms with E-state index < -0.39 is 21.7 Å². The average Bonchev–Trinajstić information content (AvgIpc) is 3.24. The first-order valence-electron chi connectivity index (χ1n) is 8.61. The van der Waals surface area contributed by atoms with Crippen molar-refractivity contribution in [1.29, 1.82) is 0 Å². The van der Waals surface area contributed by atoms with Crippen molar-refractivity contribution in [3.8, 4) is 11.5 Å². The first-order valence-corrected chi connectivity index (χ1v) is 11.3. The smallest absolute Gasteiger partial charge is 0.341 e. The maximum Gasteiger partial charge on any atom is 0.341 e. The van der Waals surface area contributed by atoms with Gasteiger partial charge in [0.2, 0.25) is 6.79 Å². The van der Waals surface area contributed by atoms with Crippen molar-refractivity contribution in [2.45, 2.75) is 19.1 Å². The first kappa shape index (κ1) is 18.8. The minimum atomic E-state index is -3.22. The number of sulfone groups is 1. The third-order valence-electron chi connectivity index (χ3n) is 4.45. The lowest BCUT2D eigenvalue weighted by Crippen LogP contribution is -2.20. The summed E-state index contributed by atoms with van der Waals surface area (Å²) in [5.74, 6) is -0.431. The minimum Gasteiger partial charge on any atom is -0.462 e. The molecule has 1 N–H and O–H groups in total. The quantitative estimate of drug-likeness (QED) is 0.752. The van der Waals surface area contributed by atoms with E-state index in [1.54, 1.807) is 25.1 Å². The van der Waals surface area contributed by atoms with Crippen LogP contribution in [-0.4, -0.2) is 39.4 Å². The fourth-order valence-corrected chi connectivity index (χ4v) is 6.24. The topological polar surface area (TPSA) is 108 Å². The predicted octanol–water partition coefficient (Wildman–Crippen LogP) is 2.38. The van der Waals surface area contributed by atoms with Crippen LogP contribution < -0.4 is 14.8 Å². The van der Waals surface area contributed by atoms with E-state index in [4.69, 9.17) is 14.2 Å². The molecule has 148 valence electrons. The van der Waals surface area contributed by atoms with Gasteiger partial charge in [-0.1, -0.05) is 6.07 Å². The molecule has 1 aromatic carbocycles. The van der Waals surface area contributed by atoms with Crippen molar-refractivity contribution < 1.29 is 32.2 Å². The van der Waals surface area contributed by atoms with Gasteiger partial charge in [0.25, 0.3) is 5.91 Å². The Labute approximate surface area is 165 Å². The van der Waals surface area contributed by atoms with E-state index in [0.29, 0.717) is 21.9 Å². The molecule has 1 aromatic heterocycles.